The normalized spacial score (nSPS) is 10.8. The summed E-state index contributed by atoms with van der Waals surface area (Å²) in [6.45, 7) is 6.23. The Morgan fingerprint density at radius 3 is 2.65 bits per heavy atom. The maximum atomic E-state index is 11.0. The van der Waals surface area contributed by atoms with Crippen molar-refractivity contribution in [1.82, 2.24) is 5.32 Å². The minimum atomic E-state index is -0.369. The van der Waals surface area contributed by atoms with Gasteiger partial charge in [-0.15, -0.1) is 0 Å². The summed E-state index contributed by atoms with van der Waals surface area (Å²) in [7, 11) is 0. The van der Waals surface area contributed by atoms with Crippen LogP contribution in [0.15, 0.2) is 24.3 Å². The summed E-state index contributed by atoms with van der Waals surface area (Å²) < 4.78 is 0. The molecule has 3 nitrogen and oxygen atoms in total. The summed E-state index contributed by atoms with van der Waals surface area (Å²) in [6.07, 6.45) is 2.40. The van der Waals surface area contributed by atoms with Gasteiger partial charge in [-0.1, -0.05) is 38.8 Å². The molecule has 0 atom stereocenters. The molecule has 0 aromatic heterocycles. The van der Waals surface area contributed by atoms with E-state index in [1.54, 1.807) is 6.07 Å². The van der Waals surface area contributed by atoms with Crippen LogP contribution in [-0.2, 0) is 6.54 Å². The Labute approximate surface area is 103 Å². The molecule has 0 spiro atoms. The minimum absolute atomic E-state index is 0.369. The summed E-state index contributed by atoms with van der Waals surface area (Å²) in [5.74, 6) is 0.362. The second kappa shape index (κ2) is 7.07. The molecule has 0 aliphatic rings. The largest absolute Gasteiger partial charge is 0.366 e. The monoisotopic (exact) mass is 234 g/mol. The third kappa shape index (κ3) is 4.57. The fourth-order valence-electron chi connectivity index (χ4n) is 1.83. The van der Waals surface area contributed by atoms with Crippen LogP contribution in [0.25, 0.3) is 0 Å². The van der Waals surface area contributed by atoms with Crippen molar-refractivity contribution in [3.8, 4) is 0 Å². The smallest absolute Gasteiger partial charge is 0.248 e. The topological polar surface area (TPSA) is 55.1 Å². The Morgan fingerprint density at radius 2 is 2.06 bits per heavy atom. The lowest BCUT2D eigenvalue weighted by atomic mass is 10.0. The Kier molecular flexibility index (Phi) is 5.70. The second-order valence-corrected chi connectivity index (χ2v) is 4.38. The number of hydrogen-bond donors (Lipinski definition) is 2. The molecule has 0 radical (unpaired) electrons. The van der Waals surface area contributed by atoms with Gasteiger partial charge in [0, 0.05) is 12.1 Å². The molecule has 1 aromatic carbocycles. The number of benzene rings is 1. The van der Waals surface area contributed by atoms with Crippen LogP contribution in [0, 0.1) is 5.92 Å². The molecule has 17 heavy (non-hydrogen) atoms. The van der Waals surface area contributed by atoms with Crippen LogP contribution < -0.4 is 11.1 Å². The Hall–Kier alpha value is -1.35. The van der Waals surface area contributed by atoms with E-state index in [1.807, 2.05) is 18.2 Å². The fraction of sp³-hybridized carbons (Fsp3) is 0.500. The van der Waals surface area contributed by atoms with Crippen molar-refractivity contribution < 1.29 is 4.79 Å². The second-order valence-electron chi connectivity index (χ2n) is 4.38. The zero-order valence-electron chi connectivity index (χ0n) is 10.7. The first-order chi connectivity index (χ1) is 8.17. The van der Waals surface area contributed by atoms with Crippen molar-refractivity contribution >= 4 is 5.91 Å². The molecule has 0 saturated carbocycles. The van der Waals surface area contributed by atoms with Gasteiger partial charge in [-0.05, 0) is 30.2 Å². The van der Waals surface area contributed by atoms with Crippen LogP contribution in [-0.4, -0.2) is 12.5 Å². The van der Waals surface area contributed by atoms with Gasteiger partial charge in [0.1, 0.15) is 0 Å². The number of rotatable bonds is 7. The lowest BCUT2D eigenvalue weighted by molar-refractivity contribution is 0.1000. The van der Waals surface area contributed by atoms with Gasteiger partial charge in [-0.3, -0.25) is 4.79 Å². The van der Waals surface area contributed by atoms with Crippen molar-refractivity contribution in [2.75, 3.05) is 6.54 Å². The molecule has 0 unspecified atom stereocenters. The lowest BCUT2D eigenvalue weighted by Gasteiger charge is -2.13. The van der Waals surface area contributed by atoms with E-state index in [1.165, 1.54) is 12.8 Å². The average molecular weight is 234 g/mol. The molecule has 94 valence electrons. The number of nitrogens with one attached hydrogen (secondary N) is 1. The SMILES string of the molecule is CCC(CC)CNCc1cccc(C(N)=O)c1. The Balaban J connectivity index is 2.46. The van der Waals surface area contributed by atoms with Crippen molar-refractivity contribution in [2.24, 2.45) is 11.7 Å². The van der Waals surface area contributed by atoms with Gasteiger partial charge < -0.3 is 11.1 Å². The van der Waals surface area contributed by atoms with E-state index < -0.39 is 0 Å². The predicted octanol–water partition coefficient (Wildman–Crippen LogP) is 2.31. The van der Waals surface area contributed by atoms with Crippen molar-refractivity contribution in [3.05, 3.63) is 35.4 Å². The standard InChI is InChI=1S/C14H22N2O/c1-3-11(4-2)9-16-10-12-6-5-7-13(8-12)14(15)17/h5-8,11,16H,3-4,9-10H2,1-2H3,(H2,15,17). The van der Waals surface area contributed by atoms with Crippen molar-refractivity contribution in [3.63, 3.8) is 0 Å². The Bertz CT molecular complexity index is 359. The first kappa shape index (κ1) is 13.7. The van der Waals surface area contributed by atoms with E-state index in [9.17, 15) is 4.79 Å². The highest BCUT2D eigenvalue weighted by molar-refractivity contribution is 5.92. The van der Waals surface area contributed by atoms with Gasteiger partial charge in [-0.2, -0.15) is 0 Å². The highest BCUT2D eigenvalue weighted by Crippen LogP contribution is 2.07. The third-order valence-corrected chi connectivity index (χ3v) is 3.13. The highest BCUT2D eigenvalue weighted by atomic mass is 16.1. The summed E-state index contributed by atoms with van der Waals surface area (Å²) >= 11 is 0. The van der Waals surface area contributed by atoms with Gasteiger partial charge in [0.2, 0.25) is 5.91 Å². The number of primary amides is 1. The first-order valence-corrected chi connectivity index (χ1v) is 6.26. The van der Waals surface area contributed by atoms with Crippen LogP contribution in [0.5, 0.6) is 0 Å². The zero-order valence-corrected chi connectivity index (χ0v) is 10.7. The number of nitrogens with two attached hydrogens (primary N) is 1. The van der Waals surface area contributed by atoms with Crippen molar-refractivity contribution in [1.29, 1.82) is 0 Å². The third-order valence-electron chi connectivity index (χ3n) is 3.13. The van der Waals surface area contributed by atoms with Gasteiger partial charge in [0.25, 0.3) is 0 Å². The minimum Gasteiger partial charge on any atom is -0.366 e. The quantitative estimate of drug-likeness (QED) is 0.760. The van der Waals surface area contributed by atoms with Crippen LogP contribution in [0.3, 0.4) is 0 Å². The maximum absolute atomic E-state index is 11.0. The van der Waals surface area contributed by atoms with E-state index in [4.69, 9.17) is 5.73 Å². The van der Waals surface area contributed by atoms with Gasteiger partial charge in [0.05, 0.1) is 0 Å². The van der Waals surface area contributed by atoms with Gasteiger partial charge >= 0.3 is 0 Å². The van der Waals surface area contributed by atoms with Crippen LogP contribution in [0.4, 0.5) is 0 Å². The van der Waals surface area contributed by atoms with E-state index in [0.29, 0.717) is 5.56 Å². The molecule has 0 fully saturated rings. The number of carbonyl (C=O) groups is 1. The molecule has 3 N–H and O–H groups in total. The molecule has 1 aromatic rings. The van der Waals surface area contributed by atoms with Gasteiger partial charge in [-0.25, -0.2) is 0 Å². The molecular weight excluding hydrogens is 212 g/mol. The van der Waals surface area contributed by atoms with E-state index in [2.05, 4.69) is 19.2 Å². The van der Waals surface area contributed by atoms with Gasteiger partial charge in [0.15, 0.2) is 0 Å². The first-order valence-electron chi connectivity index (χ1n) is 6.26. The van der Waals surface area contributed by atoms with Crippen LogP contribution >= 0.6 is 0 Å². The van der Waals surface area contributed by atoms with Crippen LogP contribution in [0.1, 0.15) is 42.6 Å². The molecule has 3 heteroatoms. The summed E-state index contributed by atoms with van der Waals surface area (Å²) in [5, 5.41) is 3.42. The molecular formula is C14H22N2O. The fourth-order valence-corrected chi connectivity index (χ4v) is 1.83. The van der Waals surface area contributed by atoms with E-state index in [-0.39, 0.29) is 5.91 Å². The van der Waals surface area contributed by atoms with Crippen molar-refractivity contribution in [2.45, 2.75) is 33.2 Å². The summed E-state index contributed by atoms with van der Waals surface area (Å²) in [4.78, 5) is 11.0. The average Bonchev–Trinajstić information content (AvgIpc) is 2.35. The molecule has 0 heterocycles. The summed E-state index contributed by atoms with van der Waals surface area (Å²) in [5.41, 5.74) is 6.92. The molecule has 0 aliphatic carbocycles. The predicted molar refractivity (Wildman–Crippen MR) is 70.7 cm³/mol. The van der Waals surface area contributed by atoms with E-state index >= 15 is 0 Å². The molecule has 0 bridgehead atoms. The Morgan fingerprint density at radius 1 is 1.35 bits per heavy atom. The van der Waals surface area contributed by atoms with Crippen LogP contribution in [0.2, 0.25) is 0 Å². The maximum Gasteiger partial charge on any atom is 0.248 e. The molecule has 1 rings (SSSR count). The molecule has 1 amide bonds. The number of hydrogen-bond acceptors (Lipinski definition) is 2. The molecule has 0 saturated heterocycles. The van der Waals surface area contributed by atoms with E-state index in [0.717, 1.165) is 24.6 Å². The highest BCUT2D eigenvalue weighted by Gasteiger charge is 2.04. The zero-order chi connectivity index (χ0) is 12.7. The summed E-state index contributed by atoms with van der Waals surface area (Å²) in [6, 6.07) is 7.47. The number of carbonyl (C=O) groups excluding carboxylic acids is 1. The molecule has 0 aliphatic heterocycles. The number of amides is 1. The lowest BCUT2D eigenvalue weighted by Crippen LogP contribution is -2.22.